The summed E-state index contributed by atoms with van der Waals surface area (Å²) < 4.78 is 4.65. The Morgan fingerprint density at radius 1 is 1.83 bits per heavy atom. The summed E-state index contributed by atoms with van der Waals surface area (Å²) in [5, 5.41) is 5.65. The van der Waals surface area contributed by atoms with Gasteiger partial charge in [-0.25, -0.2) is 0 Å². The number of nitrogens with zero attached hydrogens (tertiary/aromatic N) is 1. The van der Waals surface area contributed by atoms with Gasteiger partial charge in [0.05, 0.1) is 5.69 Å². The lowest BCUT2D eigenvalue weighted by atomic mass is 10.4. The number of thiocarbonyl (C=S) groups is 1. The van der Waals surface area contributed by atoms with Crippen molar-refractivity contribution >= 4 is 23.2 Å². The van der Waals surface area contributed by atoms with Crippen LogP contribution in [0.3, 0.4) is 0 Å². The number of carbonyl (C=O) groups is 1. The third-order valence-corrected chi connectivity index (χ3v) is 1.19. The summed E-state index contributed by atoms with van der Waals surface area (Å²) in [5.41, 5.74) is 5.70. The molecule has 0 unspecified atom stereocenters. The summed E-state index contributed by atoms with van der Waals surface area (Å²) >= 11 is 4.46. The smallest absolute Gasteiger partial charge is 0.296 e. The molecule has 0 aromatic carbocycles. The Morgan fingerprint density at radius 2 is 2.50 bits per heavy atom. The molecule has 0 fully saturated rings. The van der Waals surface area contributed by atoms with Gasteiger partial charge in [-0.1, -0.05) is 5.16 Å². The van der Waals surface area contributed by atoms with E-state index >= 15 is 0 Å². The molecule has 0 aliphatic rings. The van der Waals surface area contributed by atoms with E-state index in [4.69, 9.17) is 5.73 Å². The monoisotopic (exact) mass is 185 g/mol. The minimum Gasteiger partial charge on any atom is -0.376 e. The van der Waals surface area contributed by atoms with Crippen LogP contribution in [0.25, 0.3) is 0 Å². The van der Waals surface area contributed by atoms with Crippen molar-refractivity contribution in [3.05, 3.63) is 17.5 Å². The number of nitrogens with two attached hydrogens (primary N) is 1. The Bertz CT molecular complexity index is 320. The van der Waals surface area contributed by atoms with Crippen molar-refractivity contribution in [3.63, 3.8) is 0 Å². The molecule has 0 aliphatic carbocycles. The predicted octanol–water partition coefficient (Wildman–Crippen LogP) is -0.0436. The minimum atomic E-state index is -0.483. The summed E-state index contributed by atoms with van der Waals surface area (Å²) in [7, 11) is 0. The summed E-state index contributed by atoms with van der Waals surface area (Å²) in [4.78, 5) is 11.1. The molecule has 0 saturated carbocycles. The highest BCUT2D eigenvalue weighted by Crippen LogP contribution is 2.00. The number of aromatic nitrogens is 1. The lowest BCUT2D eigenvalue weighted by Gasteiger charge is -1.95. The van der Waals surface area contributed by atoms with Crippen LogP contribution in [-0.2, 0) is 0 Å². The highest BCUT2D eigenvalue weighted by Gasteiger charge is 2.10. The van der Waals surface area contributed by atoms with E-state index in [-0.39, 0.29) is 10.9 Å². The van der Waals surface area contributed by atoms with Crippen LogP contribution in [0.4, 0.5) is 0 Å². The van der Waals surface area contributed by atoms with Crippen LogP contribution < -0.4 is 11.1 Å². The molecule has 0 atom stereocenters. The first-order valence-electron chi connectivity index (χ1n) is 3.13. The lowest BCUT2D eigenvalue weighted by Crippen LogP contribution is -2.34. The van der Waals surface area contributed by atoms with Crippen LogP contribution >= 0.6 is 12.2 Å². The van der Waals surface area contributed by atoms with E-state index in [1.54, 1.807) is 6.92 Å². The summed E-state index contributed by atoms with van der Waals surface area (Å²) in [6, 6.07) is 1.49. The SMILES string of the molecule is Cc1cc(C(=O)NC(N)=S)on1. The second-order valence-corrected chi connectivity index (χ2v) is 2.59. The number of hydrogen-bond donors (Lipinski definition) is 2. The van der Waals surface area contributed by atoms with Crippen molar-refractivity contribution < 1.29 is 9.32 Å². The molecular weight excluding hydrogens is 178 g/mol. The lowest BCUT2D eigenvalue weighted by molar-refractivity contribution is 0.0941. The Kier molecular flexibility index (Phi) is 2.39. The van der Waals surface area contributed by atoms with Crippen molar-refractivity contribution in [3.8, 4) is 0 Å². The Labute approximate surface area is 73.9 Å². The van der Waals surface area contributed by atoms with Gasteiger partial charge in [-0.05, 0) is 19.1 Å². The molecule has 1 aromatic heterocycles. The molecular formula is C6H7N3O2S. The fourth-order valence-electron chi connectivity index (χ4n) is 0.644. The summed E-state index contributed by atoms with van der Waals surface area (Å²) in [6.07, 6.45) is 0. The van der Waals surface area contributed by atoms with Gasteiger partial charge in [-0.15, -0.1) is 0 Å². The molecule has 6 heteroatoms. The topological polar surface area (TPSA) is 81.2 Å². The summed E-state index contributed by atoms with van der Waals surface area (Å²) in [6.45, 7) is 1.71. The van der Waals surface area contributed by atoms with Gasteiger partial charge in [-0.2, -0.15) is 0 Å². The molecule has 1 heterocycles. The van der Waals surface area contributed by atoms with Crippen molar-refractivity contribution in [2.75, 3.05) is 0 Å². The minimum absolute atomic E-state index is 0.0888. The maximum atomic E-state index is 11.1. The molecule has 12 heavy (non-hydrogen) atoms. The Balaban J connectivity index is 2.72. The first-order valence-corrected chi connectivity index (χ1v) is 3.54. The molecule has 5 nitrogen and oxygen atoms in total. The van der Waals surface area contributed by atoms with Gasteiger partial charge in [0.25, 0.3) is 5.91 Å². The zero-order chi connectivity index (χ0) is 9.14. The van der Waals surface area contributed by atoms with Gasteiger partial charge >= 0.3 is 0 Å². The van der Waals surface area contributed by atoms with Gasteiger partial charge in [0, 0.05) is 6.07 Å². The normalized spacial score (nSPS) is 9.42. The maximum Gasteiger partial charge on any atom is 0.296 e. The van der Waals surface area contributed by atoms with E-state index < -0.39 is 5.91 Å². The standard InChI is InChI=1S/C6H7N3O2S/c1-3-2-4(11-9-3)5(10)8-6(7)12/h2H,1H3,(H3,7,8,10,12). The first kappa shape index (κ1) is 8.66. The number of carbonyl (C=O) groups excluding carboxylic acids is 1. The molecule has 0 radical (unpaired) electrons. The van der Waals surface area contributed by atoms with Gasteiger partial charge in [0.2, 0.25) is 5.76 Å². The highest BCUT2D eigenvalue weighted by molar-refractivity contribution is 7.80. The average molecular weight is 185 g/mol. The predicted molar refractivity (Wildman–Crippen MR) is 45.5 cm³/mol. The van der Waals surface area contributed by atoms with E-state index in [9.17, 15) is 4.79 Å². The fraction of sp³-hybridized carbons (Fsp3) is 0.167. The molecule has 0 bridgehead atoms. The van der Waals surface area contributed by atoms with Crippen LogP contribution in [0.5, 0.6) is 0 Å². The number of hydrogen-bond acceptors (Lipinski definition) is 4. The van der Waals surface area contributed by atoms with Crippen molar-refractivity contribution in [1.29, 1.82) is 0 Å². The summed E-state index contributed by atoms with van der Waals surface area (Å²) in [5.74, 6) is -0.386. The quantitative estimate of drug-likeness (QED) is 0.600. The molecule has 64 valence electrons. The van der Waals surface area contributed by atoms with Crippen LogP contribution in [0.1, 0.15) is 16.2 Å². The second-order valence-electron chi connectivity index (χ2n) is 2.15. The van der Waals surface area contributed by atoms with E-state index in [1.807, 2.05) is 0 Å². The fourth-order valence-corrected chi connectivity index (χ4v) is 0.737. The molecule has 0 spiro atoms. The van der Waals surface area contributed by atoms with Gasteiger partial charge in [0.1, 0.15) is 0 Å². The highest BCUT2D eigenvalue weighted by atomic mass is 32.1. The van der Waals surface area contributed by atoms with Gasteiger partial charge < -0.3 is 10.3 Å². The Hall–Kier alpha value is -1.43. The molecule has 3 N–H and O–H groups in total. The van der Waals surface area contributed by atoms with Crippen LogP contribution in [0, 0.1) is 6.92 Å². The third-order valence-electron chi connectivity index (χ3n) is 1.09. The number of nitrogens with one attached hydrogen (secondary N) is 1. The second kappa shape index (κ2) is 3.31. The van der Waals surface area contributed by atoms with Crippen LogP contribution in [0.2, 0.25) is 0 Å². The molecule has 0 saturated heterocycles. The van der Waals surface area contributed by atoms with Crippen molar-refractivity contribution in [2.45, 2.75) is 6.92 Å². The van der Waals surface area contributed by atoms with Crippen LogP contribution in [-0.4, -0.2) is 16.2 Å². The van der Waals surface area contributed by atoms with E-state index in [1.165, 1.54) is 6.07 Å². The average Bonchev–Trinajstić information content (AvgIpc) is 2.34. The van der Waals surface area contributed by atoms with Crippen LogP contribution in [0.15, 0.2) is 10.6 Å². The molecule has 1 aromatic rings. The zero-order valence-corrected chi connectivity index (χ0v) is 7.14. The van der Waals surface area contributed by atoms with E-state index in [0.29, 0.717) is 5.69 Å². The molecule has 1 rings (SSSR count). The largest absolute Gasteiger partial charge is 0.376 e. The van der Waals surface area contributed by atoms with Gasteiger partial charge in [0.15, 0.2) is 5.11 Å². The third kappa shape index (κ3) is 2.03. The number of rotatable bonds is 1. The van der Waals surface area contributed by atoms with Crippen molar-refractivity contribution in [2.24, 2.45) is 5.73 Å². The number of amides is 1. The number of aryl methyl sites for hydroxylation is 1. The van der Waals surface area contributed by atoms with E-state index in [2.05, 4.69) is 27.2 Å². The molecule has 0 aliphatic heterocycles. The zero-order valence-electron chi connectivity index (χ0n) is 6.33. The molecule has 1 amide bonds. The van der Waals surface area contributed by atoms with E-state index in [0.717, 1.165) is 0 Å². The van der Waals surface area contributed by atoms with Gasteiger partial charge in [-0.3, -0.25) is 10.1 Å². The van der Waals surface area contributed by atoms with Crippen molar-refractivity contribution in [1.82, 2.24) is 10.5 Å². The maximum absolute atomic E-state index is 11.1. The first-order chi connectivity index (χ1) is 5.59. The Morgan fingerprint density at radius 3 is 2.92 bits per heavy atom.